The van der Waals surface area contributed by atoms with Gasteiger partial charge in [-0.1, -0.05) is 11.2 Å². The molecule has 2 N–H and O–H groups in total. The number of methoxy groups -OCH3 is 1. The molecule has 0 atom stereocenters. The van der Waals surface area contributed by atoms with Gasteiger partial charge in [-0.3, -0.25) is 0 Å². The molecule has 2 aromatic rings. The van der Waals surface area contributed by atoms with E-state index >= 15 is 0 Å². The summed E-state index contributed by atoms with van der Waals surface area (Å²) < 4.78 is 20.9. The van der Waals surface area contributed by atoms with Crippen molar-refractivity contribution >= 4 is 5.82 Å². The Morgan fingerprint density at radius 3 is 3.00 bits per heavy atom. The monoisotopic (exact) mass is 262 g/mol. The van der Waals surface area contributed by atoms with Crippen LogP contribution in [0.1, 0.15) is 5.76 Å². The maximum absolute atomic E-state index is 5.87. The summed E-state index contributed by atoms with van der Waals surface area (Å²) >= 11 is 0. The van der Waals surface area contributed by atoms with Crippen LogP contribution in [0.2, 0.25) is 0 Å². The van der Waals surface area contributed by atoms with Crippen molar-refractivity contribution in [2.75, 3.05) is 26.2 Å². The van der Waals surface area contributed by atoms with Crippen molar-refractivity contribution in [2.24, 2.45) is 0 Å². The molecule has 0 spiro atoms. The van der Waals surface area contributed by atoms with Crippen LogP contribution in [0.5, 0.6) is 11.5 Å². The largest absolute Gasteiger partial charge is 0.454 e. The topological polar surface area (TPSA) is 79.7 Å². The predicted molar refractivity (Wildman–Crippen MR) is 68.1 cm³/mol. The number of nitrogens with two attached hydrogens (primary N) is 1. The highest BCUT2D eigenvalue weighted by molar-refractivity contribution is 5.77. The quantitative estimate of drug-likeness (QED) is 0.905. The highest BCUT2D eigenvalue weighted by Crippen LogP contribution is 2.38. The molecule has 0 fully saturated rings. The lowest BCUT2D eigenvalue weighted by atomic mass is 10.0. The normalized spacial score (nSPS) is 12.9. The Hall–Kier alpha value is -2.21. The molecule has 2 heterocycles. The van der Waals surface area contributed by atoms with Crippen molar-refractivity contribution in [3.05, 3.63) is 24.0 Å². The number of hydrogen-bond acceptors (Lipinski definition) is 6. The summed E-state index contributed by atoms with van der Waals surface area (Å²) in [6, 6.07) is 5.64. The maximum atomic E-state index is 5.87. The average Bonchev–Trinajstić information content (AvgIpc) is 3.01. The van der Waals surface area contributed by atoms with Crippen LogP contribution in [0.25, 0.3) is 11.1 Å². The van der Waals surface area contributed by atoms with Gasteiger partial charge in [0.25, 0.3) is 0 Å². The summed E-state index contributed by atoms with van der Waals surface area (Å²) in [5, 5.41) is 3.81. The molecule has 6 heteroatoms. The number of hydrogen-bond donors (Lipinski definition) is 1. The summed E-state index contributed by atoms with van der Waals surface area (Å²) in [5.74, 6) is 2.51. The Morgan fingerprint density at radius 2 is 2.16 bits per heavy atom. The molecule has 1 aliphatic rings. The summed E-state index contributed by atoms with van der Waals surface area (Å²) in [5.41, 5.74) is 7.56. The van der Waals surface area contributed by atoms with E-state index in [1.54, 1.807) is 7.11 Å². The molecule has 0 radical (unpaired) electrons. The molecule has 1 aromatic heterocycles. The molecule has 0 unspecified atom stereocenters. The Bertz CT molecular complexity index is 594. The second-order valence-corrected chi connectivity index (χ2v) is 4.18. The van der Waals surface area contributed by atoms with E-state index in [0.717, 1.165) is 16.9 Å². The number of nitrogen functional groups attached to an aromatic ring is 1. The van der Waals surface area contributed by atoms with E-state index in [1.807, 2.05) is 18.2 Å². The molecule has 0 amide bonds. The molecule has 0 aliphatic carbocycles. The lowest BCUT2D eigenvalue weighted by Crippen LogP contribution is -1.96. The van der Waals surface area contributed by atoms with Gasteiger partial charge in [-0.2, -0.15) is 0 Å². The SMILES string of the molecule is COCCc1onc(N)c1-c1ccc2c(c1)OCO2. The predicted octanol–water partition coefficient (Wildman–Crippen LogP) is 1.84. The van der Waals surface area contributed by atoms with Crippen molar-refractivity contribution in [3.63, 3.8) is 0 Å². The number of ether oxygens (including phenoxy) is 3. The standard InChI is InChI=1S/C13H14N2O4/c1-16-5-4-10-12(13(14)15-19-10)8-2-3-9-11(6-8)18-7-17-9/h2-3,6H,4-5,7H2,1H3,(H2,14,15). The van der Waals surface area contributed by atoms with E-state index in [2.05, 4.69) is 5.16 Å². The van der Waals surface area contributed by atoms with E-state index in [-0.39, 0.29) is 6.79 Å². The lowest BCUT2D eigenvalue weighted by Gasteiger charge is -2.04. The fraction of sp³-hybridized carbons (Fsp3) is 0.308. The molecule has 0 bridgehead atoms. The molecule has 6 nitrogen and oxygen atoms in total. The van der Waals surface area contributed by atoms with E-state index in [9.17, 15) is 0 Å². The number of fused-ring (bicyclic) bond motifs is 1. The summed E-state index contributed by atoms with van der Waals surface area (Å²) in [7, 11) is 1.64. The highest BCUT2D eigenvalue weighted by atomic mass is 16.7. The van der Waals surface area contributed by atoms with Crippen LogP contribution in [0.15, 0.2) is 22.7 Å². The minimum Gasteiger partial charge on any atom is -0.454 e. The van der Waals surface area contributed by atoms with Crippen molar-refractivity contribution in [3.8, 4) is 22.6 Å². The molecule has 1 aliphatic heterocycles. The molecule has 3 rings (SSSR count). The van der Waals surface area contributed by atoms with Gasteiger partial charge in [-0.25, -0.2) is 0 Å². The number of benzene rings is 1. The van der Waals surface area contributed by atoms with Crippen LogP contribution < -0.4 is 15.2 Å². The van der Waals surface area contributed by atoms with Gasteiger partial charge in [0.15, 0.2) is 17.3 Å². The second kappa shape index (κ2) is 4.81. The first-order valence-electron chi connectivity index (χ1n) is 5.92. The van der Waals surface area contributed by atoms with Gasteiger partial charge >= 0.3 is 0 Å². The van der Waals surface area contributed by atoms with E-state index in [0.29, 0.717) is 30.4 Å². The Kier molecular flexibility index (Phi) is 3.00. The van der Waals surface area contributed by atoms with Gasteiger partial charge in [0, 0.05) is 13.5 Å². The van der Waals surface area contributed by atoms with Crippen LogP contribution in [0, 0.1) is 0 Å². The molecule has 19 heavy (non-hydrogen) atoms. The zero-order chi connectivity index (χ0) is 13.2. The van der Waals surface area contributed by atoms with Gasteiger partial charge in [0.1, 0.15) is 5.76 Å². The zero-order valence-electron chi connectivity index (χ0n) is 10.5. The third-order valence-corrected chi connectivity index (χ3v) is 2.98. The van der Waals surface area contributed by atoms with Crippen LogP contribution in [0.3, 0.4) is 0 Å². The molecule has 0 saturated heterocycles. The molecule has 1 aromatic carbocycles. The van der Waals surface area contributed by atoms with Crippen LogP contribution >= 0.6 is 0 Å². The first-order chi connectivity index (χ1) is 9.29. The maximum Gasteiger partial charge on any atom is 0.231 e. The summed E-state index contributed by atoms with van der Waals surface area (Å²) in [6.45, 7) is 0.792. The fourth-order valence-electron chi connectivity index (χ4n) is 2.06. The van der Waals surface area contributed by atoms with Crippen LogP contribution in [-0.4, -0.2) is 25.7 Å². The van der Waals surface area contributed by atoms with Crippen molar-refractivity contribution in [2.45, 2.75) is 6.42 Å². The highest BCUT2D eigenvalue weighted by Gasteiger charge is 2.19. The second-order valence-electron chi connectivity index (χ2n) is 4.18. The van der Waals surface area contributed by atoms with Crippen molar-refractivity contribution < 1.29 is 18.7 Å². The molecular formula is C13H14N2O4. The van der Waals surface area contributed by atoms with Crippen molar-refractivity contribution in [1.82, 2.24) is 5.16 Å². The van der Waals surface area contributed by atoms with Crippen LogP contribution in [0.4, 0.5) is 5.82 Å². The average molecular weight is 262 g/mol. The number of rotatable bonds is 4. The minimum absolute atomic E-state index is 0.244. The Labute approximate surface area is 110 Å². The van der Waals surface area contributed by atoms with Crippen LogP contribution in [-0.2, 0) is 11.2 Å². The molecule has 100 valence electrons. The zero-order valence-corrected chi connectivity index (χ0v) is 10.5. The van der Waals surface area contributed by atoms with Gasteiger partial charge < -0.3 is 24.5 Å². The van der Waals surface area contributed by atoms with Crippen molar-refractivity contribution in [1.29, 1.82) is 0 Å². The van der Waals surface area contributed by atoms with Gasteiger partial charge in [-0.05, 0) is 17.7 Å². The third kappa shape index (κ3) is 2.10. The summed E-state index contributed by atoms with van der Waals surface area (Å²) in [4.78, 5) is 0. The van der Waals surface area contributed by atoms with Gasteiger partial charge in [-0.15, -0.1) is 0 Å². The van der Waals surface area contributed by atoms with Gasteiger partial charge in [0.05, 0.1) is 12.2 Å². The Morgan fingerprint density at radius 1 is 1.32 bits per heavy atom. The Balaban J connectivity index is 1.99. The first kappa shape index (κ1) is 11.9. The fourth-order valence-corrected chi connectivity index (χ4v) is 2.06. The van der Waals surface area contributed by atoms with E-state index in [1.165, 1.54) is 0 Å². The number of anilines is 1. The molecule has 0 saturated carbocycles. The first-order valence-corrected chi connectivity index (χ1v) is 5.92. The van der Waals surface area contributed by atoms with Gasteiger partial charge in [0.2, 0.25) is 6.79 Å². The number of aromatic nitrogens is 1. The van der Waals surface area contributed by atoms with E-state index in [4.69, 9.17) is 24.5 Å². The lowest BCUT2D eigenvalue weighted by molar-refractivity contribution is 0.174. The summed E-state index contributed by atoms with van der Waals surface area (Å²) in [6.07, 6.45) is 0.616. The molecular weight excluding hydrogens is 248 g/mol. The minimum atomic E-state index is 0.244. The number of nitrogens with zero attached hydrogens (tertiary/aromatic N) is 1. The van der Waals surface area contributed by atoms with E-state index < -0.39 is 0 Å². The smallest absolute Gasteiger partial charge is 0.231 e. The third-order valence-electron chi connectivity index (χ3n) is 2.98.